The fraction of sp³-hybridized carbons (Fsp3) is 0.429. The van der Waals surface area contributed by atoms with Crippen LogP contribution in [-0.2, 0) is 9.47 Å². The van der Waals surface area contributed by atoms with E-state index in [1.807, 2.05) is 6.92 Å². The highest BCUT2D eigenvalue weighted by atomic mass is 16.6. The van der Waals surface area contributed by atoms with Crippen molar-refractivity contribution in [3.05, 3.63) is 30.3 Å². The van der Waals surface area contributed by atoms with Gasteiger partial charge in [-0.3, -0.25) is 4.90 Å². The maximum absolute atomic E-state index is 11.7. The summed E-state index contributed by atoms with van der Waals surface area (Å²) in [6.07, 6.45) is 13.2. The van der Waals surface area contributed by atoms with Crippen LogP contribution in [0.1, 0.15) is 19.8 Å². The van der Waals surface area contributed by atoms with Crippen LogP contribution < -0.4 is 0 Å². The molecule has 1 amide bonds. The summed E-state index contributed by atoms with van der Waals surface area (Å²) in [5.74, 6) is 2.60. The van der Waals surface area contributed by atoms with Crippen LogP contribution in [0.3, 0.4) is 0 Å². The normalized spacial score (nSPS) is 29.3. The Bertz CT molecular complexity index is 468. The average molecular weight is 245 g/mol. The Morgan fingerprint density at radius 2 is 2.61 bits per heavy atom. The Hall–Kier alpha value is -1.95. The van der Waals surface area contributed by atoms with Gasteiger partial charge in [0, 0.05) is 6.20 Å². The largest absolute Gasteiger partial charge is 0.445 e. The van der Waals surface area contributed by atoms with Crippen molar-refractivity contribution >= 4 is 6.09 Å². The molecule has 2 aliphatic rings. The molecule has 0 aromatic heterocycles. The Balaban J connectivity index is 1.91. The molecule has 4 nitrogen and oxygen atoms in total. The number of hydrogen-bond acceptors (Lipinski definition) is 3. The summed E-state index contributed by atoms with van der Waals surface area (Å²) >= 11 is 0. The van der Waals surface area contributed by atoms with Gasteiger partial charge in [-0.25, -0.2) is 4.79 Å². The van der Waals surface area contributed by atoms with Gasteiger partial charge in [-0.15, -0.1) is 12.2 Å². The van der Waals surface area contributed by atoms with E-state index in [2.05, 4.69) is 11.7 Å². The number of amides is 1. The molecule has 0 unspecified atom stereocenters. The molecule has 0 radical (unpaired) electrons. The summed E-state index contributed by atoms with van der Waals surface area (Å²) in [4.78, 5) is 13.0. The third-order valence-electron chi connectivity index (χ3n) is 2.94. The summed E-state index contributed by atoms with van der Waals surface area (Å²) in [5, 5.41) is 0. The number of ether oxygens (including phenoxy) is 2. The van der Waals surface area contributed by atoms with E-state index in [0.29, 0.717) is 6.42 Å². The SMILES string of the molecule is C#C[C@@]1(COC(=O)N2C=C=CC=C2)CC[C@H](C)O1. The Morgan fingerprint density at radius 3 is 3.17 bits per heavy atom. The molecule has 0 bridgehead atoms. The minimum absolute atomic E-state index is 0.0779. The molecule has 1 fully saturated rings. The molecule has 18 heavy (non-hydrogen) atoms. The lowest BCUT2D eigenvalue weighted by Gasteiger charge is -2.24. The highest BCUT2D eigenvalue weighted by molar-refractivity contribution is 5.70. The third-order valence-corrected chi connectivity index (χ3v) is 2.94. The summed E-state index contributed by atoms with van der Waals surface area (Å²) in [6.45, 7) is 2.04. The van der Waals surface area contributed by atoms with Crippen LogP contribution in [0.5, 0.6) is 0 Å². The minimum atomic E-state index is -0.770. The lowest BCUT2D eigenvalue weighted by molar-refractivity contribution is -0.0348. The van der Waals surface area contributed by atoms with Gasteiger partial charge in [-0.2, -0.15) is 0 Å². The van der Waals surface area contributed by atoms with Gasteiger partial charge in [0.25, 0.3) is 0 Å². The highest BCUT2D eigenvalue weighted by Gasteiger charge is 2.38. The van der Waals surface area contributed by atoms with E-state index in [-0.39, 0.29) is 12.7 Å². The van der Waals surface area contributed by atoms with E-state index in [1.165, 1.54) is 11.1 Å². The van der Waals surface area contributed by atoms with Crippen molar-refractivity contribution in [2.75, 3.05) is 6.61 Å². The second-order valence-electron chi connectivity index (χ2n) is 4.37. The first kappa shape index (κ1) is 12.5. The van der Waals surface area contributed by atoms with Gasteiger partial charge in [-0.05, 0) is 31.9 Å². The summed E-state index contributed by atoms with van der Waals surface area (Å²) in [7, 11) is 0. The van der Waals surface area contributed by atoms with Crippen molar-refractivity contribution in [2.24, 2.45) is 0 Å². The van der Waals surface area contributed by atoms with Gasteiger partial charge >= 0.3 is 6.09 Å². The minimum Gasteiger partial charge on any atom is -0.445 e. The average Bonchev–Trinajstić information content (AvgIpc) is 2.79. The Labute approximate surface area is 107 Å². The first-order chi connectivity index (χ1) is 8.65. The van der Waals surface area contributed by atoms with Crippen LogP contribution in [0, 0.1) is 12.3 Å². The molecule has 2 atom stereocenters. The van der Waals surface area contributed by atoms with Crippen molar-refractivity contribution in [1.82, 2.24) is 4.90 Å². The number of carbonyl (C=O) groups is 1. The first-order valence-corrected chi connectivity index (χ1v) is 5.85. The molecular weight excluding hydrogens is 230 g/mol. The number of rotatable bonds is 2. The van der Waals surface area contributed by atoms with Crippen LogP contribution >= 0.6 is 0 Å². The zero-order valence-electron chi connectivity index (χ0n) is 10.3. The predicted molar refractivity (Wildman–Crippen MR) is 66.3 cm³/mol. The van der Waals surface area contributed by atoms with Crippen LogP contribution in [0.25, 0.3) is 0 Å². The Morgan fingerprint density at radius 1 is 1.78 bits per heavy atom. The molecule has 0 saturated carbocycles. The van der Waals surface area contributed by atoms with E-state index in [9.17, 15) is 4.79 Å². The number of hydrogen-bond donors (Lipinski definition) is 0. The van der Waals surface area contributed by atoms with Gasteiger partial charge in [0.2, 0.25) is 0 Å². The number of terminal acetylenes is 1. The van der Waals surface area contributed by atoms with E-state index >= 15 is 0 Å². The highest BCUT2D eigenvalue weighted by Crippen LogP contribution is 2.30. The molecular formula is C14H15NO3. The van der Waals surface area contributed by atoms with Gasteiger partial charge < -0.3 is 9.47 Å². The van der Waals surface area contributed by atoms with Crippen LogP contribution in [0.4, 0.5) is 4.79 Å². The van der Waals surface area contributed by atoms with Gasteiger partial charge in [0.15, 0.2) is 5.60 Å². The topological polar surface area (TPSA) is 38.8 Å². The Kier molecular flexibility index (Phi) is 3.57. The number of allylic oxidation sites excluding steroid dienone is 2. The molecule has 2 rings (SSSR count). The second kappa shape index (κ2) is 5.14. The van der Waals surface area contributed by atoms with Crippen LogP contribution in [0.15, 0.2) is 30.3 Å². The van der Waals surface area contributed by atoms with Gasteiger partial charge in [0.1, 0.15) is 6.61 Å². The summed E-state index contributed by atoms with van der Waals surface area (Å²) < 4.78 is 10.8. The second-order valence-corrected chi connectivity index (χ2v) is 4.37. The molecule has 0 N–H and O–H groups in total. The molecule has 0 aromatic carbocycles. The third kappa shape index (κ3) is 2.65. The van der Waals surface area contributed by atoms with Crippen LogP contribution in [0.2, 0.25) is 0 Å². The summed E-state index contributed by atoms with van der Waals surface area (Å²) in [6, 6.07) is 0. The predicted octanol–water partition coefficient (Wildman–Crippen LogP) is 2.19. The van der Waals surface area contributed by atoms with Crippen molar-refractivity contribution in [3.8, 4) is 12.3 Å². The maximum atomic E-state index is 11.7. The molecule has 0 aliphatic carbocycles. The zero-order chi connectivity index (χ0) is 13.0. The summed E-state index contributed by atoms with van der Waals surface area (Å²) in [5.41, 5.74) is 2.02. The van der Waals surface area contributed by atoms with E-state index in [4.69, 9.17) is 15.9 Å². The zero-order valence-corrected chi connectivity index (χ0v) is 10.3. The molecule has 94 valence electrons. The molecule has 1 saturated heterocycles. The first-order valence-electron chi connectivity index (χ1n) is 5.85. The van der Waals surface area contributed by atoms with Crippen molar-refractivity contribution in [3.63, 3.8) is 0 Å². The number of carbonyl (C=O) groups excluding carboxylic acids is 1. The fourth-order valence-corrected chi connectivity index (χ4v) is 1.92. The molecule has 2 aliphatic heterocycles. The van der Waals surface area contributed by atoms with Gasteiger partial charge in [-0.1, -0.05) is 5.92 Å². The van der Waals surface area contributed by atoms with Crippen molar-refractivity contribution in [1.29, 1.82) is 0 Å². The van der Waals surface area contributed by atoms with Crippen LogP contribution in [-0.4, -0.2) is 29.3 Å². The molecule has 4 heteroatoms. The standard InChI is InChI=1S/C14H15NO3/c1-3-14(8-7-12(2)18-14)11-17-13(16)15-9-5-4-6-10-15/h1,4-5,9-10,12H,7-8,11H2,2H3/t12-,14-/m0/s1. The number of nitrogens with zero attached hydrogens (tertiary/aromatic N) is 1. The van der Waals surface area contributed by atoms with Gasteiger partial charge in [0.05, 0.1) is 12.3 Å². The monoisotopic (exact) mass is 245 g/mol. The molecule has 0 spiro atoms. The lowest BCUT2D eigenvalue weighted by Crippen LogP contribution is -2.36. The van der Waals surface area contributed by atoms with E-state index < -0.39 is 11.7 Å². The van der Waals surface area contributed by atoms with E-state index in [1.54, 1.807) is 18.4 Å². The van der Waals surface area contributed by atoms with Crippen molar-refractivity contribution in [2.45, 2.75) is 31.5 Å². The lowest BCUT2D eigenvalue weighted by atomic mass is 10.0. The smallest absolute Gasteiger partial charge is 0.418 e. The van der Waals surface area contributed by atoms with Crippen molar-refractivity contribution < 1.29 is 14.3 Å². The maximum Gasteiger partial charge on any atom is 0.418 e. The molecule has 0 aromatic rings. The fourth-order valence-electron chi connectivity index (χ4n) is 1.92. The quantitative estimate of drug-likeness (QED) is 0.553. The van der Waals surface area contributed by atoms with E-state index in [0.717, 1.165) is 6.42 Å². The molecule has 2 heterocycles.